The van der Waals surface area contributed by atoms with E-state index in [1.807, 2.05) is 32.0 Å². The molecule has 0 aromatic heterocycles. The Bertz CT molecular complexity index is 529. The normalized spacial score (nSPS) is 11.8. The van der Waals surface area contributed by atoms with Crippen LogP contribution in [0, 0.1) is 0 Å². The van der Waals surface area contributed by atoms with Gasteiger partial charge < -0.3 is 9.84 Å². The lowest BCUT2D eigenvalue weighted by atomic mass is 9.84. The monoisotopic (exact) mass is 230 g/mol. The average Bonchev–Trinajstić information content (AvgIpc) is 2.37. The first kappa shape index (κ1) is 11.9. The molecule has 0 spiro atoms. The Balaban J connectivity index is 2.55. The lowest BCUT2D eigenvalue weighted by molar-refractivity contribution is 0.218. The van der Waals surface area contributed by atoms with Crippen LogP contribution in [0.5, 0.6) is 5.75 Å². The second kappa shape index (κ2) is 4.38. The van der Waals surface area contributed by atoms with E-state index in [9.17, 15) is 5.11 Å². The summed E-state index contributed by atoms with van der Waals surface area (Å²) < 4.78 is 5.22. The highest BCUT2D eigenvalue weighted by Gasteiger charge is 2.19. The second-order valence-electron chi connectivity index (χ2n) is 4.97. The number of hydrogen-bond donors (Lipinski definition) is 1. The van der Waals surface area contributed by atoms with Gasteiger partial charge in [-0.2, -0.15) is 0 Å². The lowest BCUT2D eigenvalue weighted by Gasteiger charge is -2.22. The molecule has 0 unspecified atom stereocenters. The number of aliphatic hydroxyl groups excluding tert-OH is 1. The minimum Gasteiger partial charge on any atom is -0.497 e. The van der Waals surface area contributed by atoms with Crippen molar-refractivity contribution in [1.82, 2.24) is 0 Å². The van der Waals surface area contributed by atoms with Gasteiger partial charge in [-0.1, -0.05) is 38.1 Å². The summed E-state index contributed by atoms with van der Waals surface area (Å²) in [5.74, 6) is 0.858. The molecule has 0 amide bonds. The van der Waals surface area contributed by atoms with Gasteiger partial charge in [0.05, 0.1) is 13.7 Å². The van der Waals surface area contributed by atoms with Gasteiger partial charge >= 0.3 is 0 Å². The third-order valence-corrected chi connectivity index (χ3v) is 3.22. The Morgan fingerprint density at radius 2 is 1.76 bits per heavy atom. The number of fused-ring (bicyclic) bond motifs is 1. The molecule has 0 aliphatic carbocycles. The molecular formula is C15H18O2. The van der Waals surface area contributed by atoms with Gasteiger partial charge in [0.15, 0.2) is 0 Å². The molecule has 2 rings (SSSR count). The number of hydrogen-bond acceptors (Lipinski definition) is 2. The molecule has 0 radical (unpaired) electrons. The molecule has 0 saturated heterocycles. The van der Waals surface area contributed by atoms with Gasteiger partial charge in [0.1, 0.15) is 5.75 Å². The van der Waals surface area contributed by atoms with Crippen LogP contribution in [-0.2, 0) is 5.41 Å². The maximum absolute atomic E-state index is 9.40. The van der Waals surface area contributed by atoms with Crippen molar-refractivity contribution in [3.63, 3.8) is 0 Å². The highest BCUT2D eigenvalue weighted by Crippen LogP contribution is 2.28. The van der Waals surface area contributed by atoms with Gasteiger partial charge in [-0.3, -0.25) is 0 Å². The first-order chi connectivity index (χ1) is 8.06. The first-order valence-electron chi connectivity index (χ1n) is 5.76. The first-order valence-corrected chi connectivity index (χ1v) is 5.76. The minimum absolute atomic E-state index is 0.141. The van der Waals surface area contributed by atoms with E-state index in [4.69, 9.17) is 4.74 Å². The Morgan fingerprint density at radius 1 is 1.06 bits per heavy atom. The molecule has 0 heterocycles. The molecule has 0 aliphatic heterocycles. The van der Waals surface area contributed by atoms with E-state index in [1.54, 1.807) is 7.11 Å². The fraction of sp³-hybridized carbons (Fsp3) is 0.333. The fourth-order valence-corrected chi connectivity index (χ4v) is 1.86. The van der Waals surface area contributed by atoms with Crippen LogP contribution in [0.15, 0.2) is 36.4 Å². The number of rotatable bonds is 3. The van der Waals surface area contributed by atoms with Crippen molar-refractivity contribution in [2.24, 2.45) is 0 Å². The molecule has 0 saturated carbocycles. The van der Waals surface area contributed by atoms with Crippen LogP contribution in [0.25, 0.3) is 10.8 Å². The molecule has 2 heteroatoms. The van der Waals surface area contributed by atoms with Gasteiger partial charge in [-0.15, -0.1) is 0 Å². The van der Waals surface area contributed by atoms with Gasteiger partial charge in [0.2, 0.25) is 0 Å². The third kappa shape index (κ3) is 2.27. The molecule has 2 aromatic carbocycles. The molecule has 2 aromatic rings. The largest absolute Gasteiger partial charge is 0.497 e. The summed E-state index contributed by atoms with van der Waals surface area (Å²) in [6.07, 6.45) is 0. The maximum atomic E-state index is 9.40. The number of aliphatic hydroxyl groups is 1. The van der Waals surface area contributed by atoms with Crippen molar-refractivity contribution in [2.45, 2.75) is 19.3 Å². The SMILES string of the molecule is COc1ccc2ccc(C(C)(C)CO)cc2c1. The van der Waals surface area contributed by atoms with E-state index in [2.05, 4.69) is 18.2 Å². The summed E-state index contributed by atoms with van der Waals surface area (Å²) in [4.78, 5) is 0. The van der Waals surface area contributed by atoms with Crippen LogP contribution in [0.2, 0.25) is 0 Å². The van der Waals surface area contributed by atoms with E-state index in [-0.39, 0.29) is 12.0 Å². The van der Waals surface area contributed by atoms with E-state index in [1.165, 1.54) is 5.39 Å². The van der Waals surface area contributed by atoms with E-state index >= 15 is 0 Å². The third-order valence-electron chi connectivity index (χ3n) is 3.22. The van der Waals surface area contributed by atoms with Crippen LogP contribution in [0.1, 0.15) is 19.4 Å². The van der Waals surface area contributed by atoms with Crippen molar-refractivity contribution in [3.05, 3.63) is 42.0 Å². The highest BCUT2D eigenvalue weighted by atomic mass is 16.5. The van der Waals surface area contributed by atoms with E-state index in [0.717, 1.165) is 16.7 Å². The molecule has 17 heavy (non-hydrogen) atoms. The quantitative estimate of drug-likeness (QED) is 0.877. The minimum atomic E-state index is -0.211. The van der Waals surface area contributed by atoms with E-state index in [0.29, 0.717) is 0 Å². The van der Waals surface area contributed by atoms with Crippen molar-refractivity contribution in [2.75, 3.05) is 13.7 Å². The molecule has 1 N–H and O–H groups in total. The van der Waals surface area contributed by atoms with Crippen LogP contribution in [-0.4, -0.2) is 18.8 Å². The predicted molar refractivity (Wildman–Crippen MR) is 70.6 cm³/mol. The highest BCUT2D eigenvalue weighted by molar-refractivity contribution is 5.84. The Kier molecular flexibility index (Phi) is 3.07. The van der Waals surface area contributed by atoms with Gasteiger partial charge in [-0.25, -0.2) is 0 Å². The summed E-state index contributed by atoms with van der Waals surface area (Å²) in [5, 5.41) is 11.7. The summed E-state index contributed by atoms with van der Waals surface area (Å²) in [6, 6.07) is 12.3. The molecule has 0 atom stereocenters. The maximum Gasteiger partial charge on any atom is 0.119 e. The summed E-state index contributed by atoms with van der Waals surface area (Å²) in [5.41, 5.74) is 0.929. The van der Waals surface area contributed by atoms with Crippen molar-refractivity contribution >= 4 is 10.8 Å². The lowest BCUT2D eigenvalue weighted by Crippen LogP contribution is -2.21. The zero-order valence-electron chi connectivity index (χ0n) is 10.5. The summed E-state index contributed by atoms with van der Waals surface area (Å²) >= 11 is 0. The smallest absolute Gasteiger partial charge is 0.119 e. The summed E-state index contributed by atoms with van der Waals surface area (Å²) in [6.45, 7) is 4.21. The molecular weight excluding hydrogens is 212 g/mol. The standard InChI is InChI=1S/C15H18O2/c1-15(2,10-16)13-6-4-11-5-7-14(17-3)9-12(11)8-13/h4-9,16H,10H2,1-3H3. The molecule has 0 fully saturated rings. The van der Waals surface area contributed by atoms with Crippen molar-refractivity contribution < 1.29 is 9.84 Å². The Labute approximate surface area is 102 Å². The van der Waals surface area contributed by atoms with Gasteiger partial charge in [0.25, 0.3) is 0 Å². The fourth-order valence-electron chi connectivity index (χ4n) is 1.86. The Hall–Kier alpha value is -1.54. The van der Waals surface area contributed by atoms with Gasteiger partial charge in [0, 0.05) is 5.41 Å². The van der Waals surface area contributed by atoms with Crippen molar-refractivity contribution in [3.8, 4) is 5.75 Å². The predicted octanol–water partition coefficient (Wildman–Crippen LogP) is 3.12. The van der Waals surface area contributed by atoms with Crippen LogP contribution in [0.4, 0.5) is 0 Å². The average molecular weight is 230 g/mol. The molecule has 90 valence electrons. The zero-order chi connectivity index (χ0) is 12.5. The van der Waals surface area contributed by atoms with Crippen LogP contribution >= 0.6 is 0 Å². The van der Waals surface area contributed by atoms with Crippen LogP contribution in [0.3, 0.4) is 0 Å². The summed E-state index contributed by atoms with van der Waals surface area (Å²) in [7, 11) is 1.67. The van der Waals surface area contributed by atoms with Crippen LogP contribution < -0.4 is 4.74 Å². The number of benzene rings is 2. The second-order valence-corrected chi connectivity index (χ2v) is 4.97. The molecule has 0 bridgehead atoms. The zero-order valence-corrected chi connectivity index (χ0v) is 10.5. The van der Waals surface area contributed by atoms with Gasteiger partial charge in [-0.05, 0) is 28.5 Å². The van der Waals surface area contributed by atoms with E-state index < -0.39 is 0 Å². The molecule has 0 aliphatic rings. The van der Waals surface area contributed by atoms with Crippen molar-refractivity contribution in [1.29, 1.82) is 0 Å². The topological polar surface area (TPSA) is 29.5 Å². The number of methoxy groups -OCH3 is 1. The number of ether oxygens (including phenoxy) is 1. The Morgan fingerprint density at radius 3 is 2.41 bits per heavy atom. The molecule has 2 nitrogen and oxygen atoms in total.